The lowest BCUT2D eigenvalue weighted by Crippen LogP contribution is -2.47. The van der Waals surface area contributed by atoms with Crippen LogP contribution >= 0.6 is 35.4 Å². The van der Waals surface area contributed by atoms with Crippen LogP contribution in [0.4, 0.5) is 26.2 Å². The van der Waals surface area contributed by atoms with E-state index in [-0.39, 0.29) is 35.4 Å². The molecule has 11 heteroatoms. The van der Waals surface area contributed by atoms with E-state index in [2.05, 4.69) is 10.6 Å². The number of aliphatic hydroxyl groups is 1. The van der Waals surface area contributed by atoms with E-state index in [1.165, 1.54) is 11.0 Å². The van der Waals surface area contributed by atoms with Gasteiger partial charge < -0.3 is 31.1 Å². The van der Waals surface area contributed by atoms with Gasteiger partial charge in [-0.05, 0) is 57.6 Å². The molecule has 7 nitrogen and oxygen atoms in total. The average molecular weight is 503 g/mol. The molecule has 2 aromatic carbocycles. The first-order chi connectivity index (χ1) is 14.9. The van der Waals surface area contributed by atoms with Crippen LogP contribution in [0.25, 0.3) is 0 Å². The number of nitrogen functional groups attached to an aromatic ring is 1. The summed E-state index contributed by atoms with van der Waals surface area (Å²) in [5, 5.41) is 15.6. The third-order valence-corrected chi connectivity index (χ3v) is 5.02. The largest absolute Gasteiger partial charge is 0.415 e. The Morgan fingerprint density at radius 1 is 1.22 bits per heavy atom. The highest BCUT2D eigenvalue weighted by molar-refractivity contribution is 7.80. The van der Waals surface area contributed by atoms with Crippen molar-refractivity contribution in [1.29, 1.82) is 0 Å². The molecule has 0 aliphatic carbocycles. The summed E-state index contributed by atoms with van der Waals surface area (Å²) in [7, 11) is 0. The first kappa shape index (κ1) is 25.9. The number of thiocarbonyl (C=S) groups is 1. The molecule has 0 unspecified atom stereocenters. The van der Waals surface area contributed by atoms with E-state index in [0.717, 1.165) is 12.1 Å². The lowest BCUT2D eigenvalue weighted by molar-refractivity contribution is 0.101. The molecule has 0 aromatic heterocycles. The summed E-state index contributed by atoms with van der Waals surface area (Å²) in [6, 6.07) is 6.93. The smallest absolute Gasteiger partial charge is 0.406 e. The fraction of sp³-hybridized carbons (Fsp3) is 0.333. The van der Waals surface area contributed by atoms with Crippen LogP contribution in [-0.2, 0) is 0 Å². The van der Waals surface area contributed by atoms with Gasteiger partial charge in [0.05, 0.1) is 22.1 Å². The molecule has 5 N–H and O–H groups in total. The number of benzene rings is 2. The molecule has 0 fully saturated rings. The van der Waals surface area contributed by atoms with Crippen molar-refractivity contribution in [2.75, 3.05) is 29.5 Å². The van der Waals surface area contributed by atoms with Crippen molar-refractivity contribution in [3.63, 3.8) is 0 Å². The zero-order chi connectivity index (χ0) is 24.1. The molecule has 0 saturated heterocycles. The number of carbonyl (C=O) groups excluding carboxylic acids is 1. The van der Waals surface area contributed by atoms with Crippen LogP contribution < -0.4 is 21.1 Å². The number of amides is 1. The standard InChI is InChI=1S/C21H25Cl2FN4O3S/c1-21(2,3)28(7-4-8-29)20(30)31-18-15(25)10-13(24)11-17(18)27-19(32)26-16-6-5-12(22)9-14(16)23/h5-6,9-11,29H,4,7-8,25H2,1-3H3,(H2,26,27,32). The third kappa shape index (κ3) is 7.09. The minimum absolute atomic E-state index is 0.0504. The van der Waals surface area contributed by atoms with Crippen molar-refractivity contribution in [2.45, 2.75) is 32.7 Å². The van der Waals surface area contributed by atoms with E-state index in [1.807, 2.05) is 20.8 Å². The number of hydrogen-bond donors (Lipinski definition) is 4. The number of hydrogen-bond acceptors (Lipinski definition) is 5. The van der Waals surface area contributed by atoms with E-state index in [9.17, 15) is 9.18 Å². The Labute approximate surface area is 201 Å². The second-order valence-corrected chi connectivity index (χ2v) is 9.09. The predicted octanol–water partition coefficient (Wildman–Crippen LogP) is 5.51. The van der Waals surface area contributed by atoms with Crippen molar-refractivity contribution in [2.24, 2.45) is 0 Å². The van der Waals surface area contributed by atoms with Crippen LogP contribution in [0.2, 0.25) is 10.0 Å². The van der Waals surface area contributed by atoms with Crippen LogP contribution in [-0.4, -0.2) is 39.9 Å². The fourth-order valence-electron chi connectivity index (χ4n) is 2.76. The van der Waals surface area contributed by atoms with E-state index in [0.29, 0.717) is 22.2 Å². The molecule has 0 spiro atoms. The second-order valence-electron chi connectivity index (χ2n) is 7.84. The van der Waals surface area contributed by atoms with Crippen molar-refractivity contribution >= 4 is 63.7 Å². The van der Waals surface area contributed by atoms with Gasteiger partial charge in [0, 0.05) is 35.8 Å². The summed E-state index contributed by atoms with van der Waals surface area (Å²) in [5.74, 6) is -0.730. The van der Waals surface area contributed by atoms with Crippen LogP contribution in [0, 0.1) is 5.82 Å². The molecule has 0 heterocycles. The Morgan fingerprint density at radius 2 is 1.88 bits per heavy atom. The minimum atomic E-state index is -0.702. The number of carbonyl (C=O) groups is 1. The number of aliphatic hydroxyl groups excluding tert-OH is 1. The molecule has 0 saturated carbocycles. The maximum Gasteiger partial charge on any atom is 0.415 e. The highest BCUT2D eigenvalue weighted by Crippen LogP contribution is 2.34. The van der Waals surface area contributed by atoms with Gasteiger partial charge in [-0.2, -0.15) is 0 Å². The monoisotopic (exact) mass is 502 g/mol. The molecule has 1 amide bonds. The van der Waals surface area contributed by atoms with E-state index >= 15 is 0 Å². The summed E-state index contributed by atoms with van der Waals surface area (Å²) in [4.78, 5) is 14.3. The summed E-state index contributed by atoms with van der Waals surface area (Å²) in [5.41, 5.74) is 5.78. The van der Waals surface area contributed by atoms with Gasteiger partial charge in [0.1, 0.15) is 5.82 Å². The molecule has 0 atom stereocenters. The first-order valence-corrected chi connectivity index (χ1v) is 10.8. The normalized spacial score (nSPS) is 11.1. The second kappa shape index (κ2) is 11.0. The highest BCUT2D eigenvalue weighted by atomic mass is 35.5. The Balaban J connectivity index is 2.27. The SMILES string of the molecule is CC(C)(C)N(CCCO)C(=O)Oc1c(N)cc(F)cc1NC(=S)Nc1ccc(Cl)cc1Cl. The lowest BCUT2D eigenvalue weighted by Gasteiger charge is -2.34. The van der Waals surface area contributed by atoms with Crippen molar-refractivity contribution in [3.8, 4) is 5.75 Å². The number of halogens is 3. The van der Waals surface area contributed by atoms with Gasteiger partial charge in [0.25, 0.3) is 0 Å². The van der Waals surface area contributed by atoms with Crippen molar-refractivity contribution < 1.29 is 19.0 Å². The highest BCUT2D eigenvalue weighted by Gasteiger charge is 2.29. The van der Waals surface area contributed by atoms with Gasteiger partial charge in [-0.15, -0.1) is 0 Å². The van der Waals surface area contributed by atoms with Gasteiger partial charge in [-0.25, -0.2) is 9.18 Å². The molecule has 0 aliphatic rings. The Kier molecular flexibility index (Phi) is 8.91. The number of nitrogens with one attached hydrogen (secondary N) is 2. The lowest BCUT2D eigenvalue weighted by atomic mass is 10.1. The number of rotatable bonds is 6. The van der Waals surface area contributed by atoms with Crippen molar-refractivity contribution in [3.05, 3.63) is 46.2 Å². The van der Waals surface area contributed by atoms with E-state index in [1.54, 1.807) is 12.1 Å². The van der Waals surface area contributed by atoms with Crippen LogP contribution in [0.3, 0.4) is 0 Å². The molecular weight excluding hydrogens is 478 g/mol. The molecule has 0 bridgehead atoms. The Bertz CT molecular complexity index is 1000. The van der Waals surface area contributed by atoms with Crippen molar-refractivity contribution in [1.82, 2.24) is 4.90 Å². The molecule has 174 valence electrons. The molecule has 0 aliphatic heterocycles. The van der Waals surface area contributed by atoms with Gasteiger partial charge in [-0.3, -0.25) is 0 Å². The fourth-order valence-corrected chi connectivity index (χ4v) is 3.44. The first-order valence-electron chi connectivity index (χ1n) is 9.64. The number of nitrogens with two attached hydrogens (primary N) is 1. The molecule has 0 radical (unpaired) electrons. The molecule has 32 heavy (non-hydrogen) atoms. The maximum absolute atomic E-state index is 14.0. The maximum atomic E-state index is 14.0. The van der Waals surface area contributed by atoms with Crippen LogP contribution in [0.15, 0.2) is 30.3 Å². The number of anilines is 3. The average Bonchev–Trinajstić information content (AvgIpc) is 2.66. The zero-order valence-electron chi connectivity index (χ0n) is 17.8. The van der Waals surface area contributed by atoms with Crippen LogP contribution in [0.1, 0.15) is 27.2 Å². The summed E-state index contributed by atoms with van der Waals surface area (Å²) < 4.78 is 19.6. The van der Waals surface area contributed by atoms with Crippen LogP contribution in [0.5, 0.6) is 5.75 Å². The predicted molar refractivity (Wildman–Crippen MR) is 131 cm³/mol. The van der Waals surface area contributed by atoms with Gasteiger partial charge >= 0.3 is 6.09 Å². The zero-order valence-corrected chi connectivity index (χ0v) is 20.2. The van der Waals surface area contributed by atoms with E-state index in [4.69, 9.17) is 51.0 Å². The minimum Gasteiger partial charge on any atom is -0.406 e. The van der Waals surface area contributed by atoms with Gasteiger partial charge in [-0.1, -0.05) is 23.2 Å². The summed E-state index contributed by atoms with van der Waals surface area (Å²) in [6.07, 6.45) is -0.335. The quantitative estimate of drug-likeness (QED) is 0.305. The van der Waals surface area contributed by atoms with Gasteiger partial charge in [0.15, 0.2) is 10.9 Å². The number of ether oxygens (including phenoxy) is 1. The van der Waals surface area contributed by atoms with E-state index < -0.39 is 17.4 Å². The Hall–Kier alpha value is -2.33. The molecule has 2 rings (SSSR count). The summed E-state index contributed by atoms with van der Waals surface area (Å²) in [6.45, 7) is 5.66. The number of nitrogens with zero attached hydrogens (tertiary/aromatic N) is 1. The summed E-state index contributed by atoms with van der Waals surface area (Å²) >= 11 is 17.3. The van der Waals surface area contributed by atoms with Gasteiger partial charge in [0.2, 0.25) is 0 Å². The third-order valence-electron chi connectivity index (χ3n) is 4.27. The Morgan fingerprint density at radius 3 is 2.47 bits per heavy atom. The topological polar surface area (TPSA) is 99.8 Å². The molecular formula is C21H25Cl2FN4O3S. The molecule has 2 aromatic rings.